The van der Waals surface area contributed by atoms with E-state index < -0.39 is 0 Å². The minimum absolute atomic E-state index is 0.140. The monoisotopic (exact) mass is 488 g/mol. The van der Waals surface area contributed by atoms with Crippen LogP contribution < -0.4 is 0 Å². The van der Waals surface area contributed by atoms with Gasteiger partial charge in [-0.15, -0.1) is 0 Å². The Kier molecular flexibility index (Phi) is 11.8. The van der Waals surface area contributed by atoms with E-state index in [9.17, 15) is 14.7 Å². The van der Waals surface area contributed by atoms with Gasteiger partial charge in [-0.2, -0.15) is 0 Å². The average molecular weight is 489 g/mol. The molecule has 4 rings (SSSR count). The fraction of sp³-hybridized carbons (Fsp3) is 0.786. The number of rotatable bonds is 6. The van der Waals surface area contributed by atoms with Gasteiger partial charge in [0.15, 0.2) is 0 Å². The first-order chi connectivity index (χ1) is 16.9. The maximum Gasteiger partial charge on any atom is 0.246 e. The lowest BCUT2D eigenvalue weighted by atomic mass is 10.0. The normalized spacial score (nSPS) is 28.6. The summed E-state index contributed by atoms with van der Waals surface area (Å²) in [5, 5.41) is 9.40. The average Bonchev–Trinajstić information content (AvgIpc) is 3.51. The van der Waals surface area contributed by atoms with E-state index >= 15 is 0 Å². The molecule has 7 nitrogen and oxygen atoms in total. The molecule has 35 heavy (non-hydrogen) atoms. The van der Waals surface area contributed by atoms with Crippen LogP contribution in [-0.4, -0.2) is 108 Å². The highest BCUT2D eigenvalue weighted by molar-refractivity contribution is 5.88. The Hall–Kier alpha value is -1.70. The fourth-order valence-electron chi connectivity index (χ4n) is 5.54. The number of β-amino-alcohol motifs (C(OH)–C–C–N with tert-alkyl or cyclic N) is 1. The molecule has 3 unspecified atom stereocenters. The van der Waals surface area contributed by atoms with Crippen molar-refractivity contribution in [3.8, 4) is 0 Å². The van der Waals surface area contributed by atoms with E-state index in [1.807, 2.05) is 22.0 Å². The molecule has 4 fully saturated rings. The minimum atomic E-state index is -0.183. The van der Waals surface area contributed by atoms with Crippen molar-refractivity contribution in [1.82, 2.24) is 19.6 Å². The van der Waals surface area contributed by atoms with Crippen molar-refractivity contribution in [2.24, 2.45) is 11.8 Å². The topological polar surface area (TPSA) is 67.3 Å². The molecule has 1 N–H and O–H groups in total. The molecule has 3 atom stereocenters. The van der Waals surface area contributed by atoms with Crippen LogP contribution in [0.25, 0.3) is 0 Å². The first kappa shape index (κ1) is 27.9. The van der Waals surface area contributed by atoms with Crippen molar-refractivity contribution in [2.75, 3.05) is 65.4 Å². The Balaban J connectivity index is 0.000000196. The number of hydrogen-bond acceptors (Lipinski definition) is 5. The lowest BCUT2D eigenvalue weighted by Crippen LogP contribution is -2.38. The van der Waals surface area contributed by atoms with Gasteiger partial charge < -0.3 is 14.9 Å². The predicted molar refractivity (Wildman–Crippen MR) is 141 cm³/mol. The maximum absolute atomic E-state index is 12.0. The zero-order valence-corrected chi connectivity index (χ0v) is 22.1. The highest BCUT2D eigenvalue weighted by Crippen LogP contribution is 2.16. The van der Waals surface area contributed by atoms with Crippen molar-refractivity contribution in [2.45, 2.75) is 64.9 Å². The quantitative estimate of drug-likeness (QED) is 0.583. The molecule has 7 heteroatoms. The zero-order valence-electron chi connectivity index (χ0n) is 22.1. The second-order valence-corrected chi connectivity index (χ2v) is 11.1. The molecule has 0 aromatic carbocycles. The number of nitrogens with zero attached hydrogens (tertiary/aromatic N) is 4. The summed E-state index contributed by atoms with van der Waals surface area (Å²) < 4.78 is 0. The number of carbonyl (C=O) groups excluding carboxylic acids is 2. The van der Waals surface area contributed by atoms with Crippen LogP contribution in [0.1, 0.15) is 58.8 Å². The summed E-state index contributed by atoms with van der Waals surface area (Å²) in [4.78, 5) is 32.4. The van der Waals surface area contributed by atoms with Crippen molar-refractivity contribution in [3.63, 3.8) is 0 Å². The van der Waals surface area contributed by atoms with Crippen LogP contribution in [-0.2, 0) is 9.59 Å². The number of hydrogen-bond donors (Lipinski definition) is 1. The zero-order chi connectivity index (χ0) is 25.0. The maximum atomic E-state index is 12.0. The van der Waals surface area contributed by atoms with E-state index in [-0.39, 0.29) is 17.9 Å². The molecule has 0 bridgehead atoms. The Bertz CT molecular complexity index is 719. The van der Waals surface area contributed by atoms with Crippen LogP contribution >= 0.6 is 0 Å². The third-order valence-electron chi connectivity index (χ3n) is 7.63. The molecule has 0 aromatic heterocycles. The molecule has 0 radical (unpaired) electrons. The SMILES string of the molecule is CC1CCCN(C(=O)/C=C/CN2CCC(O)C2)C1.CC1CCCN(C(=O)/C=C/CN2CCCC2)C1. The molecule has 0 aromatic rings. The largest absolute Gasteiger partial charge is 0.392 e. The van der Waals surface area contributed by atoms with Gasteiger partial charge in [0.2, 0.25) is 11.8 Å². The van der Waals surface area contributed by atoms with Crippen LogP contribution in [0.3, 0.4) is 0 Å². The smallest absolute Gasteiger partial charge is 0.246 e. The fourth-order valence-corrected chi connectivity index (χ4v) is 5.54. The van der Waals surface area contributed by atoms with Gasteiger partial charge in [0.1, 0.15) is 0 Å². The summed E-state index contributed by atoms with van der Waals surface area (Å²) >= 11 is 0. The minimum Gasteiger partial charge on any atom is -0.392 e. The van der Waals surface area contributed by atoms with E-state index in [2.05, 4.69) is 23.6 Å². The molecule has 2 amide bonds. The highest BCUT2D eigenvalue weighted by atomic mass is 16.3. The Morgan fingerprint density at radius 3 is 1.66 bits per heavy atom. The number of piperidine rings is 2. The molecule has 0 aliphatic carbocycles. The second kappa shape index (κ2) is 14.8. The first-order valence-electron chi connectivity index (χ1n) is 13.9. The Labute approximate surface area is 212 Å². The lowest BCUT2D eigenvalue weighted by molar-refractivity contribution is -0.128. The van der Waals surface area contributed by atoms with Crippen molar-refractivity contribution in [3.05, 3.63) is 24.3 Å². The van der Waals surface area contributed by atoms with E-state index in [4.69, 9.17) is 0 Å². The van der Waals surface area contributed by atoms with Gasteiger partial charge in [-0.1, -0.05) is 26.0 Å². The summed E-state index contributed by atoms with van der Waals surface area (Å²) in [6.07, 6.45) is 15.5. The highest BCUT2D eigenvalue weighted by Gasteiger charge is 2.21. The van der Waals surface area contributed by atoms with Crippen LogP contribution in [0.4, 0.5) is 0 Å². The third kappa shape index (κ3) is 10.1. The summed E-state index contributed by atoms with van der Waals surface area (Å²) in [5.74, 6) is 1.64. The number of aliphatic hydroxyl groups is 1. The van der Waals surface area contributed by atoms with Gasteiger partial charge in [-0.05, 0) is 69.9 Å². The molecular formula is C28H48N4O3. The van der Waals surface area contributed by atoms with Gasteiger partial charge in [0.25, 0.3) is 0 Å². The van der Waals surface area contributed by atoms with E-state index in [0.717, 1.165) is 71.6 Å². The molecular weight excluding hydrogens is 440 g/mol. The summed E-state index contributed by atoms with van der Waals surface area (Å²) in [5.41, 5.74) is 0. The van der Waals surface area contributed by atoms with Gasteiger partial charge in [-0.3, -0.25) is 19.4 Å². The number of aliphatic hydroxyl groups excluding tert-OH is 1. The van der Waals surface area contributed by atoms with Crippen LogP contribution in [0, 0.1) is 11.8 Å². The van der Waals surface area contributed by atoms with Gasteiger partial charge in [0.05, 0.1) is 6.10 Å². The van der Waals surface area contributed by atoms with Crippen molar-refractivity contribution in [1.29, 1.82) is 0 Å². The first-order valence-corrected chi connectivity index (χ1v) is 13.9. The second-order valence-electron chi connectivity index (χ2n) is 11.1. The Morgan fingerprint density at radius 2 is 1.20 bits per heavy atom. The van der Waals surface area contributed by atoms with E-state index in [0.29, 0.717) is 11.8 Å². The summed E-state index contributed by atoms with van der Waals surface area (Å²) in [6.45, 7) is 13.9. The number of likely N-dealkylation sites (tertiary alicyclic amines) is 4. The van der Waals surface area contributed by atoms with Gasteiger partial charge in [-0.25, -0.2) is 0 Å². The van der Waals surface area contributed by atoms with Gasteiger partial charge >= 0.3 is 0 Å². The van der Waals surface area contributed by atoms with Crippen LogP contribution in [0.2, 0.25) is 0 Å². The third-order valence-corrected chi connectivity index (χ3v) is 7.63. The molecule has 4 heterocycles. The van der Waals surface area contributed by atoms with E-state index in [1.165, 1.54) is 38.8 Å². The van der Waals surface area contributed by atoms with Crippen LogP contribution in [0.15, 0.2) is 24.3 Å². The molecule has 4 aliphatic heterocycles. The standard InChI is InChI=1S/C14H24N2O2.C14H24N2O/c1-12-4-2-8-16(10-12)14(18)5-3-7-15-9-6-13(17)11-15;1-13-6-4-11-16(12-13)14(17)7-5-10-15-8-2-3-9-15/h3,5,12-13,17H,2,4,6-11H2,1H3;5,7,13H,2-4,6,8-12H2,1H3/b5-3+;7-5+. The number of carbonyl (C=O) groups is 2. The molecule has 0 saturated carbocycles. The van der Waals surface area contributed by atoms with E-state index in [1.54, 1.807) is 12.2 Å². The lowest BCUT2D eigenvalue weighted by Gasteiger charge is -2.30. The van der Waals surface area contributed by atoms with Crippen molar-refractivity contribution >= 4 is 11.8 Å². The summed E-state index contributed by atoms with van der Waals surface area (Å²) in [7, 11) is 0. The Morgan fingerprint density at radius 1 is 0.686 bits per heavy atom. The predicted octanol–water partition coefficient (Wildman–Crippen LogP) is 2.76. The molecule has 4 aliphatic rings. The molecule has 4 saturated heterocycles. The van der Waals surface area contributed by atoms with Crippen LogP contribution in [0.5, 0.6) is 0 Å². The summed E-state index contributed by atoms with van der Waals surface area (Å²) in [6, 6.07) is 0. The van der Waals surface area contributed by atoms with Crippen molar-refractivity contribution < 1.29 is 14.7 Å². The molecule has 198 valence electrons. The molecule has 0 spiro atoms. The number of amides is 2. The van der Waals surface area contributed by atoms with Gasteiger partial charge in [0, 0.05) is 64.5 Å².